The van der Waals surface area contributed by atoms with Crippen LogP contribution in [0.2, 0.25) is 0 Å². The predicted molar refractivity (Wildman–Crippen MR) is 88.9 cm³/mol. The van der Waals surface area contributed by atoms with Crippen LogP contribution in [0.4, 0.5) is 28.6 Å². The van der Waals surface area contributed by atoms with E-state index in [1.54, 1.807) is 24.3 Å². The molecule has 0 aliphatic carbocycles. The van der Waals surface area contributed by atoms with Crippen molar-refractivity contribution >= 4 is 24.5 Å². The van der Waals surface area contributed by atoms with Crippen molar-refractivity contribution in [2.45, 2.75) is 0 Å². The number of rotatable bonds is 4. The molecule has 0 saturated heterocycles. The third-order valence-electron chi connectivity index (χ3n) is 2.89. The number of amides is 1. The van der Waals surface area contributed by atoms with Crippen molar-refractivity contribution in [1.29, 1.82) is 5.39 Å². The molecule has 6 nitrogen and oxygen atoms in total. The van der Waals surface area contributed by atoms with Crippen molar-refractivity contribution in [2.24, 2.45) is 0 Å². The van der Waals surface area contributed by atoms with Crippen molar-refractivity contribution in [1.82, 2.24) is 0 Å². The number of ether oxygens (including phenoxy) is 2. The van der Waals surface area contributed by atoms with Crippen LogP contribution >= 0.6 is 0 Å². The first-order valence-corrected chi connectivity index (χ1v) is 7.04. The van der Waals surface area contributed by atoms with Gasteiger partial charge in [-0.2, -0.15) is 0 Å². The minimum absolute atomic E-state index is 0.215. The maximum absolute atomic E-state index is 12.2. The second-order valence-electron chi connectivity index (χ2n) is 4.64. The lowest BCUT2D eigenvalue weighted by Gasteiger charge is -2.10. The van der Waals surface area contributed by atoms with Crippen molar-refractivity contribution in [3.05, 3.63) is 53.0 Å². The number of halogens is 4. The second kappa shape index (κ2) is 9.26. The Morgan fingerprint density at radius 1 is 1.04 bits per heavy atom. The molecule has 2 rings (SSSR count). The molecule has 0 atom stereocenters. The molecule has 138 valence electrons. The highest BCUT2D eigenvalue weighted by Gasteiger charge is 2.21. The van der Waals surface area contributed by atoms with Gasteiger partial charge in [-0.1, -0.05) is 18.2 Å². The summed E-state index contributed by atoms with van der Waals surface area (Å²) >= 11 is 0. The van der Waals surface area contributed by atoms with E-state index in [0.29, 0.717) is 22.7 Å². The number of methoxy groups -OCH3 is 2. The summed E-state index contributed by atoms with van der Waals surface area (Å²) in [6.07, 6.45) is 0. The number of anilines is 1. The number of hydrogen-bond donors (Lipinski definition) is 1. The van der Waals surface area contributed by atoms with Gasteiger partial charge in [-0.25, -0.2) is 0 Å². The summed E-state index contributed by atoms with van der Waals surface area (Å²) in [6, 6.07) is 11.8. The summed E-state index contributed by atoms with van der Waals surface area (Å²) in [6.45, 7) is 0. The van der Waals surface area contributed by atoms with Crippen molar-refractivity contribution < 1.29 is 31.5 Å². The van der Waals surface area contributed by atoms with Crippen LogP contribution < -0.4 is 14.8 Å². The molecule has 0 aliphatic heterocycles. The zero-order valence-corrected chi connectivity index (χ0v) is 13.7. The fraction of sp³-hybridized carbons (Fsp3) is 0.133. The molecule has 2 aromatic rings. The Balaban J connectivity index is 0.000000597. The van der Waals surface area contributed by atoms with Crippen molar-refractivity contribution in [2.75, 3.05) is 19.5 Å². The molecule has 0 spiro atoms. The molecule has 0 unspecified atom stereocenters. The van der Waals surface area contributed by atoms with Crippen molar-refractivity contribution in [3.8, 4) is 11.5 Å². The highest BCUT2D eigenvalue weighted by molar-refractivity contribution is 6.50. The first-order valence-electron chi connectivity index (χ1n) is 7.04. The van der Waals surface area contributed by atoms with Gasteiger partial charge in [0, 0.05) is 11.6 Å². The normalized spacial score (nSPS) is 10.0. The Labute approximate surface area is 146 Å². The SMILES string of the molecule is COc1cc(NC(=O)c2ccccc2)c(OC)cc1[N+]#N.F[B-](F)(F)F. The molecule has 2 aromatic carbocycles. The summed E-state index contributed by atoms with van der Waals surface area (Å²) in [5.41, 5.74) is 1.16. The smallest absolute Gasteiger partial charge is 0.494 e. The van der Waals surface area contributed by atoms with E-state index in [1.807, 2.05) is 6.07 Å². The minimum Gasteiger partial charge on any atom is -0.494 e. The summed E-state index contributed by atoms with van der Waals surface area (Å²) in [7, 11) is -3.10. The minimum atomic E-state index is -6.00. The number of benzene rings is 2. The molecule has 0 bridgehead atoms. The van der Waals surface area contributed by atoms with E-state index < -0.39 is 7.25 Å². The van der Waals surface area contributed by atoms with Crippen LogP contribution in [0.3, 0.4) is 0 Å². The Hall–Kier alpha value is -3.29. The van der Waals surface area contributed by atoms with Gasteiger partial charge in [-0.15, -0.1) is 0 Å². The lowest BCUT2D eigenvalue weighted by Crippen LogP contribution is -2.12. The lowest BCUT2D eigenvalue weighted by atomic mass is 10.2. The van der Waals surface area contributed by atoms with E-state index >= 15 is 0 Å². The van der Waals surface area contributed by atoms with Gasteiger partial charge in [0.2, 0.25) is 11.1 Å². The van der Waals surface area contributed by atoms with Crippen LogP contribution in [0, 0.1) is 5.39 Å². The summed E-state index contributed by atoms with van der Waals surface area (Å²) < 4.78 is 49.3. The van der Waals surface area contributed by atoms with E-state index in [9.17, 15) is 22.1 Å². The van der Waals surface area contributed by atoms with Gasteiger partial charge in [0.25, 0.3) is 5.91 Å². The molecule has 0 aromatic heterocycles. The highest BCUT2D eigenvalue weighted by atomic mass is 19.5. The molecule has 0 radical (unpaired) electrons. The zero-order valence-electron chi connectivity index (χ0n) is 13.7. The third kappa shape index (κ3) is 6.68. The Morgan fingerprint density at radius 2 is 1.58 bits per heavy atom. The number of carbonyl (C=O) groups is 1. The van der Waals surface area contributed by atoms with Gasteiger partial charge in [0.05, 0.1) is 26.0 Å². The fourth-order valence-electron chi connectivity index (χ4n) is 1.84. The van der Waals surface area contributed by atoms with E-state index in [4.69, 9.17) is 14.9 Å². The molecule has 1 N–H and O–H groups in total. The standard InChI is InChI=1S/C15H13N3O3.BF4/c1-20-13-9-12(18-16)14(21-2)8-11(13)17-15(19)10-6-4-3-5-7-10;2-1(3,4)5/h3-9H,1-2H3;/q;-1/p+1. The first kappa shape index (κ1) is 20.8. The van der Waals surface area contributed by atoms with Gasteiger partial charge in [0.1, 0.15) is 0 Å². The van der Waals surface area contributed by atoms with Crippen LogP contribution in [-0.4, -0.2) is 27.4 Å². The Bertz CT molecular complexity index is 789. The molecule has 0 saturated carbocycles. The van der Waals surface area contributed by atoms with E-state index in [0.717, 1.165) is 0 Å². The van der Waals surface area contributed by atoms with Gasteiger partial charge in [-0.3, -0.25) is 4.79 Å². The molecule has 0 fully saturated rings. The van der Waals surface area contributed by atoms with Crippen LogP contribution in [0.15, 0.2) is 42.5 Å². The molecule has 11 heteroatoms. The first-order chi connectivity index (χ1) is 12.2. The Morgan fingerprint density at radius 3 is 2.04 bits per heavy atom. The second-order valence-corrected chi connectivity index (χ2v) is 4.64. The molecule has 0 aliphatic rings. The van der Waals surface area contributed by atoms with Gasteiger partial charge in [0.15, 0.2) is 10.7 Å². The molecule has 26 heavy (non-hydrogen) atoms. The molecule has 0 heterocycles. The Kier molecular flexibility index (Phi) is 7.40. The van der Waals surface area contributed by atoms with Crippen molar-refractivity contribution in [3.63, 3.8) is 0 Å². The average Bonchev–Trinajstić information content (AvgIpc) is 2.60. The van der Waals surface area contributed by atoms with Crippen LogP contribution in [0.25, 0.3) is 4.98 Å². The maximum atomic E-state index is 12.2. The summed E-state index contributed by atoms with van der Waals surface area (Å²) in [4.78, 5) is 15.3. The maximum Gasteiger partial charge on any atom is 0.673 e. The van der Waals surface area contributed by atoms with Crippen LogP contribution in [-0.2, 0) is 0 Å². The molecular weight excluding hydrogens is 357 g/mol. The van der Waals surface area contributed by atoms with E-state index in [2.05, 4.69) is 10.3 Å². The topological polar surface area (TPSA) is 75.7 Å². The average molecular weight is 371 g/mol. The van der Waals surface area contributed by atoms with Crippen LogP contribution in [0.1, 0.15) is 10.4 Å². The van der Waals surface area contributed by atoms with E-state index in [-0.39, 0.29) is 11.6 Å². The van der Waals surface area contributed by atoms with E-state index in [1.165, 1.54) is 26.4 Å². The lowest BCUT2D eigenvalue weighted by molar-refractivity contribution is 0.102. The van der Waals surface area contributed by atoms with Gasteiger partial charge >= 0.3 is 12.9 Å². The molecular formula is C15H14BF4N3O3. The number of carbonyl (C=O) groups excluding carboxylic acids is 1. The quantitative estimate of drug-likeness (QED) is 0.479. The predicted octanol–water partition coefficient (Wildman–Crippen LogP) is 4.74. The monoisotopic (exact) mass is 371 g/mol. The number of nitrogens with zero attached hydrogens (tertiary/aromatic N) is 2. The summed E-state index contributed by atoms with van der Waals surface area (Å²) in [5, 5.41) is 11.7. The van der Waals surface area contributed by atoms with Crippen LogP contribution in [0.5, 0.6) is 11.5 Å². The third-order valence-corrected chi connectivity index (χ3v) is 2.89. The highest BCUT2D eigenvalue weighted by Crippen LogP contribution is 2.38. The van der Waals surface area contributed by atoms with Gasteiger partial charge in [-0.05, 0) is 12.1 Å². The zero-order chi connectivity index (χ0) is 19.7. The largest absolute Gasteiger partial charge is 0.673 e. The number of hydrogen-bond acceptors (Lipinski definition) is 4. The van der Waals surface area contributed by atoms with Gasteiger partial charge < -0.3 is 32.1 Å². The number of nitrogens with one attached hydrogen (secondary N) is 1. The number of diazo groups is 1. The molecule has 1 amide bonds. The fourth-order valence-corrected chi connectivity index (χ4v) is 1.84. The summed E-state index contributed by atoms with van der Waals surface area (Å²) in [5.74, 6) is 0.416.